The molecular formula is C13H21N5. The fourth-order valence-electron chi connectivity index (χ4n) is 2.27. The Balaban J connectivity index is 1.60. The summed E-state index contributed by atoms with van der Waals surface area (Å²) in [6.07, 6.45) is 6.87. The summed E-state index contributed by atoms with van der Waals surface area (Å²) in [5.74, 6) is 2.97. The second-order valence-corrected chi connectivity index (χ2v) is 5.67. The Bertz CT molecular complexity index is 378. The van der Waals surface area contributed by atoms with Gasteiger partial charge in [0.15, 0.2) is 0 Å². The van der Waals surface area contributed by atoms with Gasteiger partial charge in [-0.25, -0.2) is 9.97 Å². The highest BCUT2D eigenvalue weighted by Crippen LogP contribution is 2.34. The fraction of sp³-hybridized carbons (Fsp3) is 0.769. The minimum absolute atomic E-state index is 0.459. The quantitative estimate of drug-likeness (QED) is 0.807. The van der Waals surface area contributed by atoms with Gasteiger partial charge in [0.25, 0.3) is 0 Å². The third kappa shape index (κ3) is 2.89. The number of hydrogen-bond donors (Lipinski definition) is 2. The molecule has 2 atom stereocenters. The fourth-order valence-corrected chi connectivity index (χ4v) is 2.27. The first kappa shape index (κ1) is 11.7. The third-order valence-corrected chi connectivity index (χ3v) is 3.94. The summed E-state index contributed by atoms with van der Waals surface area (Å²) < 4.78 is 0. The second-order valence-electron chi connectivity index (χ2n) is 5.67. The topological polar surface area (TPSA) is 62.7 Å². The minimum Gasteiger partial charge on any atom is -0.351 e. The highest BCUT2D eigenvalue weighted by atomic mass is 15.2. The summed E-state index contributed by atoms with van der Waals surface area (Å²) in [4.78, 5) is 12.8. The van der Waals surface area contributed by atoms with Crippen LogP contribution in [0.1, 0.15) is 39.5 Å². The summed E-state index contributed by atoms with van der Waals surface area (Å²) in [6, 6.07) is 0.919. The van der Waals surface area contributed by atoms with E-state index >= 15 is 0 Å². The predicted octanol–water partition coefficient (Wildman–Crippen LogP) is 2.29. The van der Waals surface area contributed by atoms with Gasteiger partial charge in [0.2, 0.25) is 11.9 Å². The lowest BCUT2D eigenvalue weighted by Crippen LogP contribution is -2.22. The van der Waals surface area contributed by atoms with E-state index in [2.05, 4.69) is 39.4 Å². The molecule has 0 spiro atoms. The molecule has 2 aliphatic rings. The Kier molecular flexibility index (Phi) is 3.06. The zero-order valence-electron chi connectivity index (χ0n) is 11.1. The molecule has 2 saturated carbocycles. The van der Waals surface area contributed by atoms with E-state index in [0.29, 0.717) is 24.0 Å². The summed E-state index contributed by atoms with van der Waals surface area (Å²) in [6.45, 7) is 4.39. The van der Waals surface area contributed by atoms with Crippen LogP contribution in [0.3, 0.4) is 0 Å². The maximum Gasteiger partial charge on any atom is 0.227 e. The summed E-state index contributed by atoms with van der Waals surface area (Å²) in [5, 5.41) is 6.72. The van der Waals surface area contributed by atoms with Gasteiger partial charge in [0.1, 0.15) is 6.33 Å². The predicted molar refractivity (Wildman–Crippen MR) is 71.4 cm³/mol. The number of hydrogen-bond acceptors (Lipinski definition) is 5. The van der Waals surface area contributed by atoms with E-state index in [1.165, 1.54) is 25.7 Å². The maximum absolute atomic E-state index is 4.43. The van der Waals surface area contributed by atoms with Crippen LogP contribution in [-0.4, -0.2) is 27.0 Å². The Morgan fingerprint density at radius 1 is 0.944 bits per heavy atom. The normalized spacial score (nSPS) is 22.3. The molecule has 0 saturated heterocycles. The number of anilines is 2. The van der Waals surface area contributed by atoms with Crippen LogP contribution in [0.2, 0.25) is 0 Å². The number of nitrogens with one attached hydrogen (secondary N) is 2. The van der Waals surface area contributed by atoms with Gasteiger partial charge in [-0.1, -0.05) is 0 Å². The van der Waals surface area contributed by atoms with Gasteiger partial charge in [-0.3, -0.25) is 0 Å². The average molecular weight is 247 g/mol. The monoisotopic (exact) mass is 247 g/mol. The SMILES string of the molecule is C[C@@H](Nc1ncnc(N[C@H](C)C2CC2)n1)C1CC1. The van der Waals surface area contributed by atoms with Gasteiger partial charge < -0.3 is 10.6 Å². The van der Waals surface area contributed by atoms with E-state index < -0.39 is 0 Å². The number of aromatic nitrogens is 3. The molecule has 2 fully saturated rings. The van der Waals surface area contributed by atoms with Crippen LogP contribution in [0.15, 0.2) is 6.33 Å². The van der Waals surface area contributed by atoms with Crippen LogP contribution < -0.4 is 10.6 Å². The lowest BCUT2D eigenvalue weighted by molar-refractivity contribution is 0.676. The molecule has 0 radical (unpaired) electrons. The zero-order chi connectivity index (χ0) is 12.5. The molecule has 98 valence electrons. The van der Waals surface area contributed by atoms with E-state index in [9.17, 15) is 0 Å². The van der Waals surface area contributed by atoms with Crippen LogP contribution in [0.25, 0.3) is 0 Å². The molecule has 3 rings (SSSR count). The standard InChI is InChI=1S/C13H21N5/c1-8(10-3-4-10)16-12-14-7-15-13(18-12)17-9(2)11-5-6-11/h7-11H,3-6H2,1-2H3,(H2,14,15,16,17,18)/t8-,9-/m1/s1. The van der Waals surface area contributed by atoms with Crippen molar-refractivity contribution in [1.82, 2.24) is 15.0 Å². The lowest BCUT2D eigenvalue weighted by atomic mass is 10.2. The summed E-state index contributed by atoms with van der Waals surface area (Å²) >= 11 is 0. The molecule has 5 nitrogen and oxygen atoms in total. The molecule has 0 aromatic carbocycles. The Labute approximate surface area is 108 Å². The third-order valence-electron chi connectivity index (χ3n) is 3.94. The van der Waals surface area contributed by atoms with Crippen molar-refractivity contribution < 1.29 is 0 Å². The van der Waals surface area contributed by atoms with Crippen LogP contribution in [0.5, 0.6) is 0 Å². The van der Waals surface area contributed by atoms with Crippen molar-refractivity contribution in [2.75, 3.05) is 10.6 Å². The molecule has 1 heterocycles. The first-order chi connectivity index (χ1) is 8.72. The molecule has 0 unspecified atom stereocenters. The van der Waals surface area contributed by atoms with Crippen molar-refractivity contribution in [1.29, 1.82) is 0 Å². The van der Waals surface area contributed by atoms with Crippen molar-refractivity contribution in [2.45, 2.75) is 51.6 Å². The molecule has 1 aromatic heterocycles. The summed E-state index contributed by atoms with van der Waals surface area (Å²) in [7, 11) is 0. The average Bonchev–Trinajstić information content (AvgIpc) is 3.19. The van der Waals surface area contributed by atoms with Crippen LogP contribution in [-0.2, 0) is 0 Å². The van der Waals surface area contributed by atoms with Gasteiger partial charge in [0, 0.05) is 12.1 Å². The smallest absolute Gasteiger partial charge is 0.227 e. The molecule has 18 heavy (non-hydrogen) atoms. The van der Waals surface area contributed by atoms with Crippen molar-refractivity contribution in [2.24, 2.45) is 11.8 Å². The molecule has 0 bridgehead atoms. The highest BCUT2D eigenvalue weighted by Gasteiger charge is 2.29. The van der Waals surface area contributed by atoms with Crippen LogP contribution in [0.4, 0.5) is 11.9 Å². The van der Waals surface area contributed by atoms with E-state index in [4.69, 9.17) is 0 Å². The molecule has 1 aromatic rings. The highest BCUT2D eigenvalue weighted by molar-refractivity contribution is 5.34. The van der Waals surface area contributed by atoms with Crippen molar-refractivity contribution in [3.8, 4) is 0 Å². The van der Waals surface area contributed by atoms with E-state index in [1.54, 1.807) is 6.33 Å². The molecule has 5 heteroatoms. The molecule has 0 aliphatic heterocycles. The van der Waals surface area contributed by atoms with Gasteiger partial charge in [0.05, 0.1) is 0 Å². The van der Waals surface area contributed by atoms with Crippen molar-refractivity contribution in [3.63, 3.8) is 0 Å². The van der Waals surface area contributed by atoms with Gasteiger partial charge in [-0.05, 0) is 51.4 Å². The molecular weight excluding hydrogens is 226 g/mol. The van der Waals surface area contributed by atoms with Crippen LogP contribution >= 0.6 is 0 Å². The molecule has 2 N–H and O–H groups in total. The van der Waals surface area contributed by atoms with Gasteiger partial charge in [-0.2, -0.15) is 4.98 Å². The first-order valence-corrected chi connectivity index (χ1v) is 6.94. The van der Waals surface area contributed by atoms with E-state index in [-0.39, 0.29) is 0 Å². The van der Waals surface area contributed by atoms with Gasteiger partial charge in [-0.15, -0.1) is 0 Å². The van der Waals surface area contributed by atoms with Gasteiger partial charge >= 0.3 is 0 Å². The van der Waals surface area contributed by atoms with E-state index in [0.717, 1.165) is 11.8 Å². The Morgan fingerprint density at radius 3 is 1.78 bits per heavy atom. The zero-order valence-corrected chi connectivity index (χ0v) is 11.1. The molecule has 0 amide bonds. The Hall–Kier alpha value is -1.39. The largest absolute Gasteiger partial charge is 0.351 e. The summed E-state index contributed by atoms with van der Waals surface area (Å²) in [5.41, 5.74) is 0. The first-order valence-electron chi connectivity index (χ1n) is 6.94. The maximum atomic E-state index is 4.43. The Morgan fingerprint density at radius 2 is 1.39 bits per heavy atom. The van der Waals surface area contributed by atoms with E-state index in [1.807, 2.05) is 0 Å². The number of rotatable bonds is 6. The van der Waals surface area contributed by atoms with Crippen molar-refractivity contribution >= 4 is 11.9 Å². The lowest BCUT2D eigenvalue weighted by Gasteiger charge is -2.15. The number of nitrogens with zero attached hydrogens (tertiary/aromatic N) is 3. The second kappa shape index (κ2) is 4.71. The van der Waals surface area contributed by atoms with Crippen LogP contribution in [0, 0.1) is 11.8 Å². The van der Waals surface area contributed by atoms with Crippen molar-refractivity contribution in [3.05, 3.63) is 6.33 Å². The minimum atomic E-state index is 0.459. The molecule has 2 aliphatic carbocycles.